The number of carbonyl (C=O) groups excluding carboxylic acids is 1. The molecule has 3 atom stereocenters. The Labute approximate surface area is 148 Å². The molecule has 0 unspecified atom stereocenters. The van der Waals surface area contributed by atoms with Gasteiger partial charge in [0.25, 0.3) is 0 Å². The fourth-order valence-electron chi connectivity index (χ4n) is 4.00. The number of carbonyl (C=O) groups is 1. The minimum atomic E-state index is 0.100. The molecular formula is C18H29N3O2S. The minimum absolute atomic E-state index is 0.100. The molecule has 2 saturated heterocycles. The molecule has 0 bridgehead atoms. The van der Waals surface area contributed by atoms with Gasteiger partial charge in [-0.3, -0.25) is 9.69 Å². The first kappa shape index (κ1) is 17.8. The Morgan fingerprint density at radius 3 is 2.92 bits per heavy atom. The monoisotopic (exact) mass is 351 g/mol. The summed E-state index contributed by atoms with van der Waals surface area (Å²) < 4.78 is 5.98. The Balaban J connectivity index is 1.53. The maximum atomic E-state index is 12.0. The number of hydrogen-bond acceptors (Lipinski definition) is 5. The average molecular weight is 352 g/mol. The smallest absolute Gasteiger partial charge is 0.222 e. The average Bonchev–Trinajstić information content (AvgIpc) is 3.01. The van der Waals surface area contributed by atoms with Crippen LogP contribution in [0.25, 0.3) is 0 Å². The van der Waals surface area contributed by atoms with E-state index in [9.17, 15) is 4.79 Å². The van der Waals surface area contributed by atoms with Crippen molar-refractivity contribution >= 4 is 17.2 Å². The van der Waals surface area contributed by atoms with Gasteiger partial charge in [0.2, 0.25) is 5.91 Å². The molecule has 0 aromatic carbocycles. The lowest BCUT2D eigenvalue weighted by molar-refractivity contribution is -0.124. The summed E-state index contributed by atoms with van der Waals surface area (Å²) in [6.45, 7) is 12.1. The Morgan fingerprint density at radius 2 is 2.25 bits per heavy atom. The van der Waals surface area contributed by atoms with Gasteiger partial charge in [-0.05, 0) is 46.6 Å². The highest BCUT2D eigenvalue weighted by Crippen LogP contribution is 2.36. The number of likely N-dealkylation sites (tertiary alicyclic amines) is 1. The number of ether oxygens (including phenoxy) is 1. The topological polar surface area (TPSA) is 54.5 Å². The van der Waals surface area contributed by atoms with Crippen LogP contribution in [0.5, 0.6) is 0 Å². The Bertz CT molecular complexity index is 587. The van der Waals surface area contributed by atoms with Crippen molar-refractivity contribution in [1.82, 2.24) is 15.2 Å². The van der Waals surface area contributed by atoms with E-state index < -0.39 is 0 Å². The fourth-order valence-corrected chi connectivity index (χ4v) is 4.98. The molecule has 3 rings (SSSR count). The van der Waals surface area contributed by atoms with Crippen LogP contribution in [0.3, 0.4) is 0 Å². The minimum Gasteiger partial charge on any atom is -0.377 e. The largest absolute Gasteiger partial charge is 0.377 e. The summed E-state index contributed by atoms with van der Waals surface area (Å²) in [4.78, 5) is 20.5. The van der Waals surface area contributed by atoms with E-state index in [0.717, 1.165) is 37.7 Å². The standard InChI is InChI=1S/C18H29N3O2S/c1-11(2)19-18(22)7-16-15-5-6-21(8-14(15)10-23-16)9-17-12(3)20-13(4)24-17/h11,14-16H,5-10H2,1-4H3,(H,19,22)/t14-,15-,16+/m1/s1. The maximum Gasteiger partial charge on any atom is 0.222 e. The molecule has 2 aliphatic heterocycles. The summed E-state index contributed by atoms with van der Waals surface area (Å²) in [5.74, 6) is 1.21. The van der Waals surface area contributed by atoms with E-state index in [1.54, 1.807) is 0 Å². The van der Waals surface area contributed by atoms with Crippen LogP contribution in [0.15, 0.2) is 0 Å². The SMILES string of the molecule is Cc1nc(C)c(CN2CC[C@@H]3[C@@H](CO[C@H]3CC(=O)NC(C)C)C2)s1. The Hall–Kier alpha value is -0.980. The van der Waals surface area contributed by atoms with E-state index in [1.165, 1.54) is 10.6 Å². The van der Waals surface area contributed by atoms with Crippen molar-refractivity contribution in [1.29, 1.82) is 0 Å². The summed E-state index contributed by atoms with van der Waals surface area (Å²) in [6.07, 6.45) is 1.73. The quantitative estimate of drug-likeness (QED) is 0.886. The lowest BCUT2D eigenvalue weighted by Gasteiger charge is -2.35. The number of hydrogen-bond donors (Lipinski definition) is 1. The molecule has 0 spiro atoms. The van der Waals surface area contributed by atoms with Crippen LogP contribution in [0.2, 0.25) is 0 Å². The number of rotatable bonds is 5. The summed E-state index contributed by atoms with van der Waals surface area (Å²) >= 11 is 1.81. The number of nitrogens with one attached hydrogen (secondary N) is 1. The molecule has 5 nitrogen and oxygen atoms in total. The van der Waals surface area contributed by atoms with E-state index in [0.29, 0.717) is 18.3 Å². The Morgan fingerprint density at radius 1 is 1.46 bits per heavy atom. The lowest BCUT2D eigenvalue weighted by Crippen LogP contribution is -2.42. The second-order valence-corrected chi connectivity index (χ2v) is 8.78. The van der Waals surface area contributed by atoms with Crippen molar-refractivity contribution in [3.05, 3.63) is 15.6 Å². The van der Waals surface area contributed by atoms with E-state index in [4.69, 9.17) is 4.74 Å². The molecule has 1 aromatic heterocycles. The Kier molecular flexibility index (Phi) is 5.57. The molecule has 1 amide bonds. The van der Waals surface area contributed by atoms with Crippen molar-refractivity contribution < 1.29 is 9.53 Å². The van der Waals surface area contributed by atoms with Gasteiger partial charge >= 0.3 is 0 Å². The number of aromatic nitrogens is 1. The normalized spacial score (nSPS) is 27.5. The number of amides is 1. The van der Waals surface area contributed by atoms with Crippen LogP contribution >= 0.6 is 11.3 Å². The van der Waals surface area contributed by atoms with Crippen molar-refractivity contribution in [3.63, 3.8) is 0 Å². The number of thiazole rings is 1. The van der Waals surface area contributed by atoms with Crippen LogP contribution in [0.1, 0.15) is 42.3 Å². The van der Waals surface area contributed by atoms with Gasteiger partial charge in [-0.25, -0.2) is 4.98 Å². The lowest BCUT2D eigenvalue weighted by atomic mass is 9.83. The van der Waals surface area contributed by atoms with E-state index in [2.05, 4.69) is 29.0 Å². The summed E-state index contributed by atoms with van der Waals surface area (Å²) in [6, 6.07) is 0.197. The molecule has 0 radical (unpaired) electrons. The van der Waals surface area contributed by atoms with Crippen LogP contribution in [0, 0.1) is 25.7 Å². The zero-order chi connectivity index (χ0) is 17.3. The van der Waals surface area contributed by atoms with E-state index in [1.807, 2.05) is 25.2 Å². The van der Waals surface area contributed by atoms with Gasteiger partial charge in [0.15, 0.2) is 0 Å². The molecule has 3 heterocycles. The van der Waals surface area contributed by atoms with Crippen molar-refractivity contribution in [2.45, 2.75) is 59.2 Å². The second kappa shape index (κ2) is 7.50. The third-order valence-corrected chi connectivity index (χ3v) is 6.14. The maximum absolute atomic E-state index is 12.0. The van der Waals surface area contributed by atoms with Crippen molar-refractivity contribution in [3.8, 4) is 0 Å². The third-order valence-electron chi connectivity index (χ3n) is 5.08. The highest BCUT2D eigenvalue weighted by atomic mass is 32.1. The summed E-state index contributed by atoms with van der Waals surface area (Å²) in [5.41, 5.74) is 1.17. The number of fused-ring (bicyclic) bond motifs is 1. The second-order valence-electron chi connectivity index (χ2n) is 7.49. The number of nitrogens with zero attached hydrogens (tertiary/aromatic N) is 2. The first-order valence-electron chi connectivity index (χ1n) is 8.98. The first-order chi connectivity index (χ1) is 11.4. The number of piperidine rings is 1. The molecule has 1 N–H and O–H groups in total. The van der Waals surface area contributed by atoms with Gasteiger partial charge in [-0.2, -0.15) is 0 Å². The predicted octanol–water partition coefficient (Wildman–Crippen LogP) is 2.51. The zero-order valence-electron chi connectivity index (χ0n) is 15.2. The fraction of sp³-hybridized carbons (Fsp3) is 0.778. The molecule has 6 heteroatoms. The highest BCUT2D eigenvalue weighted by Gasteiger charge is 2.41. The van der Waals surface area contributed by atoms with Gasteiger partial charge < -0.3 is 10.1 Å². The van der Waals surface area contributed by atoms with E-state index in [-0.39, 0.29) is 18.1 Å². The molecule has 0 saturated carbocycles. The molecular weight excluding hydrogens is 322 g/mol. The summed E-state index contributed by atoms with van der Waals surface area (Å²) in [7, 11) is 0. The van der Waals surface area contributed by atoms with Crippen LogP contribution in [-0.2, 0) is 16.1 Å². The molecule has 2 aliphatic rings. The van der Waals surface area contributed by atoms with Crippen molar-refractivity contribution in [2.75, 3.05) is 19.7 Å². The molecule has 2 fully saturated rings. The zero-order valence-corrected chi connectivity index (χ0v) is 16.0. The van der Waals surface area contributed by atoms with Crippen molar-refractivity contribution in [2.24, 2.45) is 11.8 Å². The van der Waals surface area contributed by atoms with Crippen LogP contribution in [-0.4, -0.2) is 47.6 Å². The molecule has 24 heavy (non-hydrogen) atoms. The predicted molar refractivity (Wildman–Crippen MR) is 96.1 cm³/mol. The third kappa shape index (κ3) is 4.16. The molecule has 0 aliphatic carbocycles. The first-order valence-corrected chi connectivity index (χ1v) is 9.80. The van der Waals surface area contributed by atoms with Crippen LogP contribution in [0.4, 0.5) is 0 Å². The number of aryl methyl sites for hydroxylation is 2. The van der Waals surface area contributed by atoms with Gasteiger partial charge in [-0.1, -0.05) is 0 Å². The van der Waals surface area contributed by atoms with Gasteiger partial charge in [-0.15, -0.1) is 11.3 Å². The highest BCUT2D eigenvalue weighted by molar-refractivity contribution is 7.11. The van der Waals surface area contributed by atoms with Gasteiger partial charge in [0.05, 0.1) is 29.8 Å². The molecule has 134 valence electrons. The van der Waals surface area contributed by atoms with E-state index >= 15 is 0 Å². The van der Waals surface area contributed by atoms with Crippen LogP contribution < -0.4 is 5.32 Å². The van der Waals surface area contributed by atoms with Gasteiger partial charge in [0, 0.05) is 29.9 Å². The molecule has 1 aromatic rings. The summed E-state index contributed by atoms with van der Waals surface area (Å²) in [5, 5.41) is 4.13. The van der Waals surface area contributed by atoms with Gasteiger partial charge in [0.1, 0.15) is 0 Å².